The molecule has 4 heteroatoms. The lowest BCUT2D eigenvalue weighted by molar-refractivity contribution is 0.545. The Balaban J connectivity index is 0. The van der Waals surface area contributed by atoms with Gasteiger partial charge < -0.3 is 0 Å². The fourth-order valence-corrected chi connectivity index (χ4v) is 2.65. The molecular weight excluding hydrogens is 296 g/mol. The van der Waals surface area contributed by atoms with Gasteiger partial charge in [0.15, 0.2) is 0 Å². The molecule has 0 saturated carbocycles. The average molecular weight is 336 g/mol. The lowest BCUT2D eigenvalue weighted by Gasteiger charge is -2.02. The van der Waals surface area contributed by atoms with Gasteiger partial charge in [0.25, 0.3) is 0 Å². The van der Waals surface area contributed by atoms with Crippen LogP contribution >= 0.6 is 24.4 Å². The summed E-state index contributed by atoms with van der Waals surface area (Å²) in [5.41, 5.74) is 0. The summed E-state index contributed by atoms with van der Waals surface area (Å²) in [6.07, 6.45) is 18.6. The summed E-state index contributed by atoms with van der Waals surface area (Å²) in [4.78, 5) is 0. The molecule has 0 atom stereocenters. The molecule has 0 aromatic rings. The summed E-state index contributed by atoms with van der Waals surface area (Å²) in [5.74, 6) is 1.87. The van der Waals surface area contributed by atoms with E-state index in [1.54, 1.807) is 11.8 Å². The van der Waals surface area contributed by atoms with Gasteiger partial charge >= 0.3 is 0 Å². The van der Waals surface area contributed by atoms with Crippen molar-refractivity contribution in [1.82, 2.24) is 0 Å². The summed E-state index contributed by atoms with van der Waals surface area (Å²) in [7, 11) is 1.25. The summed E-state index contributed by atoms with van der Waals surface area (Å²) in [6.45, 7) is 0.923. The molecule has 0 aliphatic heterocycles. The van der Waals surface area contributed by atoms with Crippen molar-refractivity contribution in [3.63, 3.8) is 0 Å². The Bertz CT molecular complexity index is 205. The van der Waals surface area contributed by atoms with Gasteiger partial charge in [-0.2, -0.15) is 22.9 Å². The third-order valence-corrected chi connectivity index (χ3v) is 4.14. The molecular formula is C17H38N2S2. The van der Waals surface area contributed by atoms with E-state index in [-0.39, 0.29) is 0 Å². The van der Waals surface area contributed by atoms with E-state index in [0.29, 0.717) is 0 Å². The van der Waals surface area contributed by atoms with E-state index in [0.717, 1.165) is 18.2 Å². The van der Waals surface area contributed by atoms with Gasteiger partial charge in [0.05, 0.1) is 6.54 Å². The number of rotatable bonds is 16. The molecule has 128 valence electrons. The van der Waals surface area contributed by atoms with Crippen LogP contribution in [0.2, 0.25) is 0 Å². The van der Waals surface area contributed by atoms with E-state index in [1.807, 2.05) is 0 Å². The SMILES string of the molecule is CSCN=NCCCCCCCCCCCCCCS.[2H]C. The Labute approximate surface area is 145 Å². The van der Waals surface area contributed by atoms with Crippen molar-refractivity contribution in [2.45, 2.75) is 84.5 Å². The minimum Gasteiger partial charge on any atom is -0.193 e. The van der Waals surface area contributed by atoms with Gasteiger partial charge in [-0.05, 0) is 24.9 Å². The second-order valence-electron chi connectivity index (χ2n) is 5.39. The van der Waals surface area contributed by atoms with Gasteiger partial charge in [-0.3, -0.25) is 0 Å². The number of thioether (sulfide) groups is 1. The topological polar surface area (TPSA) is 24.7 Å². The van der Waals surface area contributed by atoms with Crippen LogP contribution in [0.1, 0.15) is 85.8 Å². The Kier molecular flexibility index (Phi) is 22.9. The molecule has 0 aromatic carbocycles. The fraction of sp³-hybridized carbons (Fsp3) is 1.00. The molecule has 2 nitrogen and oxygen atoms in total. The zero-order valence-corrected chi connectivity index (χ0v) is 16.1. The van der Waals surface area contributed by atoms with Gasteiger partial charge in [-0.25, -0.2) is 0 Å². The van der Waals surface area contributed by atoms with Gasteiger partial charge in [-0.15, -0.1) is 11.8 Å². The Hall–Kier alpha value is 0.300. The molecule has 0 amide bonds. The van der Waals surface area contributed by atoms with Crippen molar-refractivity contribution in [2.24, 2.45) is 10.2 Å². The quantitative estimate of drug-likeness (QED) is 0.183. The second kappa shape index (κ2) is 22.6. The van der Waals surface area contributed by atoms with Crippen LogP contribution in [0.25, 0.3) is 0 Å². The average Bonchev–Trinajstić information content (AvgIpc) is 2.56. The van der Waals surface area contributed by atoms with Crippen LogP contribution < -0.4 is 0 Å². The second-order valence-corrected chi connectivity index (χ2v) is 6.67. The molecule has 21 heavy (non-hydrogen) atoms. The van der Waals surface area contributed by atoms with Crippen molar-refractivity contribution in [3.8, 4) is 0 Å². The first-order valence-electron chi connectivity index (χ1n) is 9.35. The maximum atomic E-state index is 5.75. The van der Waals surface area contributed by atoms with E-state index in [4.69, 9.17) is 1.37 Å². The van der Waals surface area contributed by atoms with Crippen LogP contribution in [0.5, 0.6) is 0 Å². The molecule has 0 unspecified atom stereocenters. The highest BCUT2D eigenvalue weighted by Gasteiger charge is 1.93. The molecule has 0 aromatic heterocycles. The molecule has 0 spiro atoms. The first-order valence-corrected chi connectivity index (χ1v) is 10.4. The standard InChI is InChI=1S/C16H34N2S2.CH4/c1-20-16-18-17-14-12-10-8-6-4-2-3-5-7-9-11-13-15-19;/h19H,2-16H2,1H3;1H4/i;1D. The highest BCUT2D eigenvalue weighted by Crippen LogP contribution is 2.12. The predicted molar refractivity (Wildman–Crippen MR) is 104 cm³/mol. The minimum absolute atomic E-state index is 0.814. The third-order valence-electron chi connectivity index (χ3n) is 3.45. The number of hydrogen-bond acceptors (Lipinski definition) is 4. The van der Waals surface area contributed by atoms with Crippen LogP contribution in [0, 0.1) is 0 Å². The fourth-order valence-electron chi connectivity index (χ4n) is 2.23. The molecule has 0 saturated heterocycles. The molecule has 0 aliphatic rings. The molecule has 0 heterocycles. The lowest BCUT2D eigenvalue weighted by Crippen LogP contribution is -1.84. The van der Waals surface area contributed by atoms with Crippen molar-refractivity contribution >= 4 is 24.4 Å². The third kappa shape index (κ3) is 22.7. The molecule has 0 rings (SSSR count). The largest absolute Gasteiger partial charge is 0.193 e. The molecule has 0 bridgehead atoms. The van der Waals surface area contributed by atoms with E-state index in [1.165, 1.54) is 84.5 Å². The van der Waals surface area contributed by atoms with Crippen molar-refractivity contribution in [2.75, 3.05) is 24.4 Å². The maximum absolute atomic E-state index is 5.75. The lowest BCUT2D eigenvalue weighted by atomic mass is 10.1. The first-order chi connectivity index (χ1) is 10.9. The highest BCUT2D eigenvalue weighted by molar-refractivity contribution is 7.98. The van der Waals surface area contributed by atoms with Crippen molar-refractivity contribution in [1.29, 1.82) is 0 Å². The van der Waals surface area contributed by atoms with Crippen LogP contribution in [-0.2, 0) is 0 Å². The maximum Gasteiger partial charge on any atom is 0.105 e. The summed E-state index contributed by atoms with van der Waals surface area (Å²) in [5, 5.41) is 8.22. The Morgan fingerprint density at radius 3 is 1.62 bits per heavy atom. The van der Waals surface area contributed by atoms with Gasteiger partial charge in [-0.1, -0.05) is 71.6 Å². The minimum atomic E-state index is 0.814. The summed E-state index contributed by atoms with van der Waals surface area (Å²) < 4.78 is 5.75. The van der Waals surface area contributed by atoms with Gasteiger partial charge in [0, 0.05) is 1.37 Å². The molecule has 0 aliphatic carbocycles. The first kappa shape index (κ1) is 21.3. The zero-order valence-electron chi connectivity index (χ0n) is 15.4. The summed E-state index contributed by atoms with van der Waals surface area (Å²) in [6, 6.07) is 0. The van der Waals surface area contributed by atoms with E-state index < -0.39 is 0 Å². The van der Waals surface area contributed by atoms with Gasteiger partial charge in [0.1, 0.15) is 5.88 Å². The number of nitrogens with zero attached hydrogens (tertiary/aromatic N) is 2. The van der Waals surface area contributed by atoms with Crippen LogP contribution in [0.4, 0.5) is 0 Å². The molecule has 0 radical (unpaired) electrons. The summed E-state index contributed by atoms with van der Waals surface area (Å²) >= 11 is 5.96. The van der Waals surface area contributed by atoms with E-state index in [9.17, 15) is 0 Å². The molecule has 0 fully saturated rings. The van der Waals surface area contributed by atoms with Crippen LogP contribution in [0.15, 0.2) is 10.2 Å². The van der Waals surface area contributed by atoms with E-state index in [2.05, 4.69) is 29.1 Å². The van der Waals surface area contributed by atoms with Crippen LogP contribution in [-0.4, -0.2) is 24.4 Å². The monoisotopic (exact) mass is 335 g/mol. The van der Waals surface area contributed by atoms with Crippen molar-refractivity contribution < 1.29 is 1.37 Å². The normalized spacial score (nSPS) is 11.3. The number of unbranched alkanes of at least 4 members (excludes halogenated alkanes) is 11. The van der Waals surface area contributed by atoms with Crippen molar-refractivity contribution in [3.05, 3.63) is 0 Å². The zero-order chi connectivity index (χ0) is 16.7. The number of azo groups is 1. The number of hydrogen-bond donors (Lipinski definition) is 1. The number of thiol groups is 1. The Morgan fingerprint density at radius 2 is 1.19 bits per heavy atom. The van der Waals surface area contributed by atoms with E-state index >= 15 is 0 Å². The predicted octanol–water partition coefficient (Wildman–Crippen LogP) is 7.01. The molecule has 0 N–H and O–H groups in total. The van der Waals surface area contributed by atoms with Crippen LogP contribution in [0.3, 0.4) is 0 Å². The van der Waals surface area contributed by atoms with Gasteiger partial charge in [0.2, 0.25) is 0 Å². The Morgan fingerprint density at radius 1 is 0.762 bits per heavy atom. The smallest absolute Gasteiger partial charge is 0.105 e. The highest BCUT2D eigenvalue weighted by atomic mass is 32.2.